The Bertz CT molecular complexity index is 730. The average Bonchev–Trinajstić information content (AvgIpc) is 2.99. The van der Waals surface area contributed by atoms with E-state index in [9.17, 15) is 14.4 Å². The van der Waals surface area contributed by atoms with Gasteiger partial charge in [0, 0.05) is 16.6 Å². The Hall–Kier alpha value is -2.45. The molecular formula is C14H12ClN3O4S. The van der Waals surface area contributed by atoms with Crippen LogP contribution >= 0.6 is 22.9 Å². The third kappa shape index (κ3) is 4.76. The highest BCUT2D eigenvalue weighted by molar-refractivity contribution is 7.12. The summed E-state index contributed by atoms with van der Waals surface area (Å²) >= 11 is 6.80. The Morgan fingerprint density at radius 1 is 1.22 bits per heavy atom. The molecule has 1 aromatic carbocycles. The first kappa shape index (κ1) is 16.9. The summed E-state index contributed by atoms with van der Waals surface area (Å²) in [5.41, 5.74) is 0.857. The van der Waals surface area contributed by atoms with E-state index in [2.05, 4.69) is 20.4 Å². The maximum Gasteiger partial charge on any atom is 0.325 e. The van der Waals surface area contributed by atoms with Crippen molar-refractivity contribution in [1.82, 2.24) is 10.3 Å². The second kappa shape index (κ2) is 7.70. The monoisotopic (exact) mass is 353 g/mol. The van der Waals surface area contributed by atoms with Gasteiger partial charge in [0.15, 0.2) is 5.01 Å². The van der Waals surface area contributed by atoms with E-state index in [1.807, 2.05) is 0 Å². The summed E-state index contributed by atoms with van der Waals surface area (Å²) in [4.78, 5) is 38.5. The van der Waals surface area contributed by atoms with Gasteiger partial charge in [0.05, 0.1) is 7.11 Å². The normalized spacial score (nSPS) is 10.0. The molecule has 0 spiro atoms. The van der Waals surface area contributed by atoms with Gasteiger partial charge in [0.1, 0.15) is 11.7 Å². The van der Waals surface area contributed by atoms with E-state index in [-0.39, 0.29) is 22.6 Å². The minimum Gasteiger partial charge on any atom is -0.468 e. The number of carbonyl (C=O) groups excluding carboxylic acids is 3. The van der Waals surface area contributed by atoms with Gasteiger partial charge in [-0.2, -0.15) is 0 Å². The molecule has 0 fully saturated rings. The molecule has 0 radical (unpaired) electrons. The molecule has 2 aromatic rings. The minimum atomic E-state index is -0.538. The molecule has 7 nitrogen and oxygen atoms in total. The molecule has 1 aromatic heterocycles. The highest BCUT2D eigenvalue weighted by Crippen LogP contribution is 2.16. The number of carbonyl (C=O) groups is 3. The summed E-state index contributed by atoms with van der Waals surface area (Å²) in [6, 6.07) is 6.19. The lowest BCUT2D eigenvalue weighted by Crippen LogP contribution is -2.30. The van der Waals surface area contributed by atoms with E-state index in [1.54, 1.807) is 17.5 Å². The third-order valence-corrected chi connectivity index (χ3v) is 3.86. The number of hydrogen-bond acceptors (Lipinski definition) is 6. The fourth-order valence-electron chi connectivity index (χ4n) is 1.57. The molecule has 1 heterocycles. The molecule has 0 bridgehead atoms. The first-order valence-corrected chi connectivity index (χ1v) is 7.63. The fourth-order valence-corrected chi connectivity index (χ4v) is 2.41. The number of rotatable bonds is 5. The van der Waals surface area contributed by atoms with E-state index < -0.39 is 11.9 Å². The number of aromatic nitrogens is 1. The molecule has 2 amide bonds. The predicted octanol–water partition coefficient (Wildman–Crippen LogP) is 1.95. The molecule has 0 unspecified atom stereocenters. The van der Waals surface area contributed by atoms with Gasteiger partial charge in [-0.05, 0) is 24.3 Å². The summed E-state index contributed by atoms with van der Waals surface area (Å²) in [5.74, 6) is -1.34. The zero-order valence-corrected chi connectivity index (χ0v) is 13.5. The van der Waals surface area contributed by atoms with E-state index in [0.29, 0.717) is 11.3 Å². The van der Waals surface area contributed by atoms with E-state index >= 15 is 0 Å². The topological polar surface area (TPSA) is 97.4 Å². The lowest BCUT2D eigenvalue weighted by Gasteiger charge is -2.06. The van der Waals surface area contributed by atoms with Crippen LogP contribution in [0.15, 0.2) is 29.6 Å². The van der Waals surface area contributed by atoms with Crippen LogP contribution in [0, 0.1) is 0 Å². The van der Waals surface area contributed by atoms with Crippen molar-refractivity contribution < 1.29 is 19.1 Å². The second-order valence-electron chi connectivity index (χ2n) is 4.27. The molecule has 9 heteroatoms. The van der Waals surface area contributed by atoms with Crippen LogP contribution in [0.5, 0.6) is 0 Å². The smallest absolute Gasteiger partial charge is 0.325 e. The van der Waals surface area contributed by atoms with Crippen molar-refractivity contribution in [3.63, 3.8) is 0 Å². The van der Waals surface area contributed by atoms with Crippen molar-refractivity contribution in [3.8, 4) is 0 Å². The molecule has 0 aliphatic carbocycles. The van der Waals surface area contributed by atoms with Crippen molar-refractivity contribution in [3.05, 3.63) is 45.4 Å². The minimum absolute atomic E-state index is 0.210. The van der Waals surface area contributed by atoms with Crippen LogP contribution < -0.4 is 10.6 Å². The number of amides is 2. The quantitative estimate of drug-likeness (QED) is 0.801. The number of methoxy groups -OCH3 is 1. The summed E-state index contributed by atoms with van der Waals surface area (Å²) in [6.45, 7) is -0.210. The molecule has 0 saturated carbocycles. The van der Waals surface area contributed by atoms with Gasteiger partial charge >= 0.3 is 5.97 Å². The van der Waals surface area contributed by atoms with Gasteiger partial charge < -0.3 is 15.4 Å². The van der Waals surface area contributed by atoms with Crippen LogP contribution in [0.2, 0.25) is 5.15 Å². The number of halogens is 1. The first-order valence-electron chi connectivity index (χ1n) is 6.37. The van der Waals surface area contributed by atoms with Crippen molar-refractivity contribution in [2.75, 3.05) is 19.0 Å². The Morgan fingerprint density at radius 2 is 1.91 bits per heavy atom. The largest absolute Gasteiger partial charge is 0.468 e. The van der Waals surface area contributed by atoms with Crippen LogP contribution in [0.4, 0.5) is 5.69 Å². The van der Waals surface area contributed by atoms with Crippen molar-refractivity contribution in [1.29, 1.82) is 0 Å². The molecule has 0 aliphatic rings. The number of ether oxygens (including phenoxy) is 1. The Labute approximate surface area is 140 Å². The van der Waals surface area contributed by atoms with Gasteiger partial charge in [-0.15, -0.1) is 11.3 Å². The number of benzene rings is 1. The molecule has 120 valence electrons. The molecule has 0 aliphatic heterocycles. The van der Waals surface area contributed by atoms with Gasteiger partial charge in [0.25, 0.3) is 11.8 Å². The number of nitrogens with zero attached hydrogens (tertiary/aromatic N) is 1. The zero-order valence-electron chi connectivity index (χ0n) is 12.0. The fraction of sp³-hybridized carbons (Fsp3) is 0.143. The van der Waals surface area contributed by atoms with Gasteiger partial charge in [-0.1, -0.05) is 11.6 Å². The van der Waals surface area contributed by atoms with Crippen molar-refractivity contribution in [2.24, 2.45) is 0 Å². The number of esters is 1. The molecule has 23 heavy (non-hydrogen) atoms. The maximum atomic E-state index is 11.9. The average molecular weight is 354 g/mol. The summed E-state index contributed by atoms with van der Waals surface area (Å²) in [6.07, 6.45) is 0. The third-order valence-electron chi connectivity index (χ3n) is 2.70. The Balaban J connectivity index is 1.95. The van der Waals surface area contributed by atoms with Crippen LogP contribution in [-0.4, -0.2) is 36.4 Å². The zero-order chi connectivity index (χ0) is 16.8. The maximum absolute atomic E-state index is 11.9. The molecule has 0 atom stereocenters. The number of thiazole rings is 1. The highest BCUT2D eigenvalue weighted by Gasteiger charge is 2.12. The van der Waals surface area contributed by atoms with Crippen molar-refractivity contribution >= 4 is 46.4 Å². The van der Waals surface area contributed by atoms with Gasteiger partial charge in [-0.3, -0.25) is 14.4 Å². The highest BCUT2D eigenvalue weighted by atomic mass is 35.5. The standard InChI is InChI=1S/C14H12ClN3O4S/c1-22-11(19)6-16-12(20)8-2-4-9(5-3-8)17-13(21)14-18-10(15)7-23-14/h2-5,7H,6H2,1H3,(H,16,20)(H,17,21). The van der Waals surface area contributed by atoms with Crippen LogP contribution in [0.3, 0.4) is 0 Å². The van der Waals surface area contributed by atoms with E-state index in [4.69, 9.17) is 11.6 Å². The predicted molar refractivity (Wildman–Crippen MR) is 85.9 cm³/mol. The van der Waals surface area contributed by atoms with Gasteiger partial charge in [0.2, 0.25) is 0 Å². The summed E-state index contributed by atoms with van der Waals surface area (Å²) < 4.78 is 4.43. The van der Waals surface area contributed by atoms with Crippen LogP contribution in [0.1, 0.15) is 20.2 Å². The lowest BCUT2D eigenvalue weighted by molar-refractivity contribution is -0.139. The first-order chi connectivity index (χ1) is 11.0. The Kier molecular flexibility index (Phi) is 5.67. The van der Waals surface area contributed by atoms with Crippen LogP contribution in [0.25, 0.3) is 0 Å². The second-order valence-corrected chi connectivity index (χ2v) is 5.51. The Morgan fingerprint density at radius 3 is 2.48 bits per heavy atom. The number of nitrogens with one attached hydrogen (secondary N) is 2. The summed E-state index contributed by atoms with van der Waals surface area (Å²) in [5, 5.41) is 7.12. The molecular weight excluding hydrogens is 342 g/mol. The van der Waals surface area contributed by atoms with E-state index in [1.165, 1.54) is 19.2 Å². The van der Waals surface area contributed by atoms with Gasteiger partial charge in [-0.25, -0.2) is 4.98 Å². The lowest BCUT2D eigenvalue weighted by atomic mass is 10.2. The van der Waals surface area contributed by atoms with Crippen LogP contribution in [-0.2, 0) is 9.53 Å². The SMILES string of the molecule is COC(=O)CNC(=O)c1ccc(NC(=O)c2nc(Cl)cs2)cc1. The van der Waals surface area contributed by atoms with Crippen molar-refractivity contribution in [2.45, 2.75) is 0 Å². The molecule has 2 rings (SSSR count). The number of anilines is 1. The van der Waals surface area contributed by atoms with E-state index in [0.717, 1.165) is 11.3 Å². The molecule has 0 saturated heterocycles. The summed E-state index contributed by atoms with van der Waals surface area (Å²) in [7, 11) is 1.24. The number of hydrogen-bond donors (Lipinski definition) is 2. The molecule has 2 N–H and O–H groups in total.